The largest absolute Gasteiger partial charge is 0.338 e. The van der Waals surface area contributed by atoms with Gasteiger partial charge in [0.1, 0.15) is 4.38 Å². The van der Waals surface area contributed by atoms with Crippen LogP contribution >= 0.6 is 23.5 Å². The van der Waals surface area contributed by atoms with Gasteiger partial charge in [-0.1, -0.05) is 48.1 Å². The van der Waals surface area contributed by atoms with Crippen molar-refractivity contribution < 1.29 is 4.79 Å². The topological polar surface area (TPSA) is 32.7 Å². The second-order valence-electron chi connectivity index (χ2n) is 6.60. The van der Waals surface area contributed by atoms with Crippen molar-refractivity contribution in [3.63, 3.8) is 0 Å². The number of carbonyl (C=O) groups excluding carboxylic acids is 1. The van der Waals surface area contributed by atoms with Crippen LogP contribution in [0.5, 0.6) is 0 Å². The highest BCUT2D eigenvalue weighted by molar-refractivity contribution is 8.38. The van der Waals surface area contributed by atoms with Gasteiger partial charge in [0.15, 0.2) is 0 Å². The van der Waals surface area contributed by atoms with Gasteiger partial charge in [-0.15, -0.1) is 0 Å². The Balaban J connectivity index is 1.46. The Labute approximate surface area is 146 Å². The van der Waals surface area contributed by atoms with Crippen LogP contribution in [-0.2, 0) is 5.75 Å². The van der Waals surface area contributed by atoms with Crippen LogP contribution < -0.4 is 0 Å². The van der Waals surface area contributed by atoms with E-state index in [1.165, 1.54) is 23.6 Å². The minimum absolute atomic E-state index is 0.233. The Morgan fingerprint density at radius 1 is 1.26 bits per heavy atom. The van der Waals surface area contributed by atoms with Gasteiger partial charge in [0.2, 0.25) is 0 Å². The summed E-state index contributed by atoms with van der Waals surface area (Å²) in [7, 11) is 0. The summed E-state index contributed by atoms with van der Waals surface area (Å²) >= 11 is 3.60. The second kappa shape index (κ2) is 6.89. The molecule has 1 aromatic rings. The summed E-state index contributed by atoms with van der Waals surface area (Å²) in [5, 5.41) is 0. The minimum Gasteiger partial charge on any atom is -0.338 e. The van der Waals surface area contributed by atoms with E-state index in [1.807, 2.05) is 30.0 Å². The molecule has 0 radical (unpaired) electrons. The van der Waals surface area contributed by atoms with E-state index in [0.717, 1.165) is 54.1 Å². The van der Waals surface area contributed by atoms with E-state index in [9.17, 15) is 4.79 Å². The molecule has 3 aliphatic rings. The molecule has 1 aromatic carbocycles. The molecule has 2 atom stereocenters. The molecule has 2 fully saturated rings. The predicted molar refractivity (Wildman–Crippen MR) is 99.2 cm³/mol. The van der Waals surface area contributed by atoms with Crippen molar-refractivity contribution in [2.75, 3.05) is 25.4 Å². The van der Waals surface area contributed by atoms with Crippen LogP contribution in [-0.4, -0.2) is 40.6 Å². The van der Waals surface area contributed by atoms with Crippen molar-refractivity contribution in [2.45, 2.75) is 25.0 Å². The molecule has 122 valence electrons. The first-order valence-electron chi connectivity index (χ1n) is 8.48. The monoisotopic (exact) mass is 346 g/mol. The number of hydrogen-bond donors (Lipinski definition) is 0. The molecular weight excluding hydrogens is 324 g/mol. The Bertz CT molecular complexity index is 619. The number of thioether (sulfide) groups is 2. The van der Waals surface area contributed by atoms with E-state index in [1.54, 1.807) is 11.8 Å². The molecule has 0 spiro atoms. The summed E-state index contributed by atoms with van der Waals surface area (Å²) in [6.45, 7) is 2.87. The van der Waals surface area contributed by atoms with Crippen molar-refractivity contribution in [3.8, 4) is 0 Å². The quantitative estimate of drug-likeness (QED) is 0.832. The van der Waals surface area contributed by atoms with Crippen molar-refractivity contribution in [1.29, 1.82) is 0 Å². The van der Waals surface area contributed by atoms with Crippen molar-refractivity contribution in [2.24, 2.45) is 16.8 Å². The van der Waals surface area contributed by atoms with Crippen LogP contribution in [0.1, 0.15) is 35.2 Å². The van der Waals surface area contributed by atoms with Gasteiger partial charge < -0.3 is 4.90 Å². The number of amides is 1. The molecule has 1 saturated heterocycles. The Morgan fingerprint density at radius 2 is 2.04 bits per heavy atom. The number of rotatable bonds is 3. The van der Waals surface area contributed by atoms with Crippen LogP contribution in [0.4, 0.5) is 0 Å². The van der Waals surface area contributed by atoms with Gasteiger partial charge in [-0.05, 0) is 36.3 Å². The van der Waals surface area contributed by atoms with Crippen LogP contribution in [0, 0.1) is 11.8 Å². The van der Waals surface area contributed by atoms with E-state index < -0.39 is 0 Å². The van der Waals surface area contributed by atoms with Gasteiger partial charge in [0, 0.05) is 30.2 Å². The smallest absolute Gasteiger partial charge is 0.254 e. The second-order valence-corrected chi connectivity index (χ2v) is 8.91. The molecular formula is C18H22N2OS2. The Morgan fingerprint density at radius 3 is 2.78 bits per heavy atom. The van der Waals surface area contributed by atoms with E-state index in [4.69, 9.17) is 0 Å². The first kappa shape index (κ1) is 15.6. The van der Waals surface area contributed by atoms with Gasteiger partial charge in [0.05, 0.1) is 6.54 Å². The van der Waals surface area contributed by atoms with Crippen LogP contribution in [0.2, 0.25) is 0 Å². The number of nitrogens with zero attached hydrogens (tertiary/aromatic N) is 2. The molecule has 4 rings (SSSR count). The fourth-order valence-corrected chi connectivity index (χ4v) is 5.98. The lowest BCUT2D eigenvalue weighted by molar-refractivity contribution is 0.0780. The molecule has 1 amide bonds. The molecule has 3 nitrogen and oxygen atoms in total. The number of fused-ring (bicyclic) bond motifs is 1. The summed E-state index contributed by atoms with van der Waals surface area (Å²) < 4.78 is 1.17. The molecule has 1 aliphatic carbocycles. The third-order valence-electron chi connectivity index (χ3n) is 5.17. The third kappa shape index (κ3) is 3.31. The van der Waals surface area contributed by atoms with Crippen molar-refractivity contribution in [1.82, 2.24) is 4.90 Å². The number of carbonyl (C=O) groups is 1. The average molecular weight is 347 g/mol. The number of aliphatic imine (C=N–C) groups is 1. The number of benzene rings is 1. The maximum absolute atomic E-state index is 13.0. The maximum atomic E-state index is 13.0. The highest BCUT2D eigenvalue weighted by Crippen LogP contribution is 2.38. The first-order chi connectivity index (χ1) is 11.3. The van der Waals surface area contributed by atoms with E-state index >= 15 is 0 Å². The molecule has 0 aromatic heterocycles. The minimum atomic E-state index is 0.233. The molecule has 5 heteroatoms. The molecule has 0 unspecified atom stereocenters. The fraction of sp³-hybridized carbons (Fsp3) is 0.556. The van der Waals surface area contributed by atoms with Crippen LogP contribution in [0.15, 0.2) is 29.3 Å². The lowest BCUT2D eigenvalue weighted by Gasteiger charge is -2.19. The third-order valence-corrected chi connectivity index (χ3v) is 7.47. The molecule has 23 heavy (non-hydrogen) atoms. The van der Waals surface area contributed by atoms with E-state index in [2.05, 4.69) is 16.0 Å². The van der Waals surface area contributed by atoms with Gasteiger partial charge in [-0.25, -0.2) is 0 Å². The lowest BCUT2D eigenvalue weighted by atomic mass is 10.0. The van der Waals surface area contributed by atoms with Gasteiger partial charge in [-0.3, -0.25) is 9.79 Å². The Kier molecular flexibility index (Phi) is 4.67. The standard InChI is InChI=1S/C18H22N2OS2/c21-17(20-10-13-5-3-6-14(13)11-20)16-7-2-1-4-15(16)12-23-18-19-8-9-22-18/h1-2,4,7,13-14H,3,5-6,8-12H2/t13-,14-/m1/s1. The summed E-state index contributed by atoms with van der Waals surface area (Å²) in [4.78, 5) is 19.6. The van der Waals surface area contributed by atoms with Crippen LogP contribution in [0.25, 0.3) is 0 Å². The zero-order valence-corrected chi connectivity index (χ0v) is 14.9. The highest BCUT2D eigenvalue weighted by Gasteiger charge is 2.38. The van der Waals surface area contributed by atoms with Gasteiger partial charge in [-0.2, -0.15) is 0 Å². The zero-order valence-electron chi connectivity index (χ0n) is 13.2. The summed E-state index contributed by atoms with van der Waals surface area (Å²) in [6.07, 6.45) is 3.97. The number of likely N-dealkylation sites (tertiary alicyclic amines) is 1. The van der Waals surface area contributed by atoms with Gasteiger partial charge in [0.25, 0.3) is 5.91 Å². The molecule has 0 N–H and O–H groups in total. The predicted octanol–water partition coefficient (Wildman–Crippen LogP) is 3.89. The van der Waals surface area contributed by atoms with Crippen molar-refractivity contribution in [3.05, 3.63) is 35.4 Å². The first-order valence-corrected chi connectivity index (χ1v) is 10.5. The van der Waals surface area contributed by atoms with Crippen molar-refractivity contribution >= 4 is 33.8 Å². The van der Waals surface area contributed by atoms with Gasteiger partial charge >= 0.3 is 0 Å². The number of hydrogen-bond acceptors (Lipinski definition) is 4. The average Bonchev–Trinajstić information content (AvgIpc) is 3.29. The summed E-state index contributed by atoms with van der Waals surface area (Å²) in [5.41, 5.74) is 2.04. The molecule has 2 aliphatic heterocycles. The lowest BCUT2D eigenvalue weighted by Crippen LogP contribution is -2.30. The molecule has 2 heterocycles. The van der Waals surface area contributed by atoms with E-state index in [-0.39, 0.29) is 5.91 Å². The highest BCUT2D eigenvalue weighted by atomic mass is 32.2. The SMILES string of the molecule is O=C(c1ccccc1CSC1=NCCS1)N1C[C@H]2CCC[C@@H]2C1. The van der Waals surface area contributed by atoms with E-state index in [0.29, 0.717) is 0 Å². The van der Waals surface area contributed by atoms with Crippen LogP contribution in [0.3, 0.4) is 0 Å². The zero-order chi connectivity index (χ0) is 15.6. The molecule has 0 bridgehead atoms. The fourth-order valence-electron chi connectivity index (χ4n) is 3.97. The summed E-state index contributed by atoms with van der Waals surface area (Å²) in [6, 6.07) is 8.11. The maximum Gasteiger partial charge on any atom is 0.254 e. The normalized spacial score (nSPS) is 26.4. The molecule has 1 saturated carbocycles. The summed E-state index contributed by atoms with van der Waals surface area (Å²) in [5.74, 6) is 3.68. The Hall–Kier alpha value is -0.940.